The third-order valence-electron chi connectivity index (χ3n) is 1.74. The Kier molecular flexibility index (Phi) is 2.85. The fourth-order valence-corrected chi connectivity index (χ4v) is 1.12. The number of carbonyl (C=O) groups is 1. The lowest BCUT2D eigenvalue weighted by Crippen LogP contribution is -2.18. The van der Waals surface area contributed by atoms with Crippen molar-refractivity contribution in [2.75, 3.05) is 5.43 Å². The molecule has 4 N–H and O–H groups in total. The fourth-order valence-electron chi connectivity index (χ4n) is 1.12. The van der Waals surface area contributed by atoms with Crippen LogP contribution >= 0.6 is 0 Å². The predicted molar refractivity (Wildman–Crippen MR) is 46.2 cm³/mol. The number of hydrogen-bond acceptors (Lipinski definition) is 3. The predicted octanol–water partition coefficient (Wildman–Crippen LogP) is 1.69. The zero-order valence-electron chi connectivity index (χ0n) is 7.30. The maximum atomic E-state index is 12.4. The first kappa shape index (κ1) is 11.3. The molecule has 0 atom stereocenters. The van der Waals surface area contributed by atoms with Gasteiger partial charge < -0.3 is 10.5 Å². The third-order valence-corrected chi connectivity index (χ3v) is 1.74. The third kappa shape index (κ3) is 2.18. The number of hydrazine groups is 1. The second-order valence-electron chi connectivity index (χ2n) is 2.68. The molecule has 0 aliphatic heterocycles. The summed E-state index contributed by atoms with van der Waals surface area (Å²) in [5, 5.41) is 8.62. The van der Waals surface area contributed by atoms with Crippen LogP contribution in [-0.4, -0.2) is 11.1 Å². The Bertz CT molecular complexity index is 390. The normalized spacial score (nSPS) is 11.2. The summed E-state index contributed by atoms with van der Waals surface area (Å²) in [6.07, 6.45) is -4.65. The largest absolute Gasteiger partial charge is 0.478 e. The topological polar surface area (TPSA) is 75.3 Å². The fraction of sp³-hybridized carbons (Fsp3) is 0.125. The summed E-state index contributed by atoms with van der Waals surface area (Å²) in [5.74, 6) is 3.39. The first-order chi connectivity index (χ1) is 6.88. The van der Waals surface area contributed by atoms with Gasteiger partial charge >= 0.3 is 12.1 Å². The van der Waals surface area contributed by atoms with Crippen molar-refractivity contribution < 1.29 is 23.1 Å². The van der Waals surface area contributed by atoms with Crippen molar-refractivity contribution in [3.05, 3.63) is 29.3 Å². The Morgan fingerprint density at radius 3 is 2.40 bits per heavy atom. The van der Waals surface area contributed by atoms with Crippen molar-refractivity contribution in [3.63, 3.8) is 0 Å². The summed E-state index contributed by atoms with van der Waals surface area (Å²) in [6, 6.07) is 2.79. The highest BCUT2D eigenvalue weighted by Gasteiger charge is 2.35. The summed E-state index contributed by atoms with van der Waals surface area (Å²) in [4.78, 5) is 10.6. The lowest BCUT2D eigenvalue weighted by Gasteiger charge is -2.13. The van der Waals surface area contributed by atoms with E-state index >= 15 is 0 Å². The average molecular weight is 220 g/mol. The lowest BCUT2D eigenvalue weighted by atomic mass is 10.1. The first-order valence-electron chi connectivity index (χ1n) is 3.78. The average Bonchev–Trinajstić information content (AvgIpc) is 2.15. The monoisotopic (exact) mass is 220 g/mol. The van der Waals surface area contributed by atoms with Gasteiger partial charge in [0.2, 0.25) is 0 Å². The van der Waals surface area contributed by atoms with E-state index in [0.29, 0.717) is 0 Å². The number of nitrogens with one attached hydrogen (secondary N) is 1. The Labute approximate surface area is 82.5 Å². The number of anilines is 1. The molecule has 0 fully saturated rings. The van der Waals surface area contributed by atoms with Gasteiger partial charge in [-0.1, -0.05) is 6.07 Å². The van der Waals surface area contributed by atoms with E-state index in [1.54, 1.807) is 5.43 Å². The number of carboxylic acid groups (broad SMARTS) is 1. The smallest absolute Gasteiger partial charge is 0.418 e. The molecular formula is C8H7F3N2O2. The summed E-state index contributed by atoms with van der Waals surface area (Å²) >= 11 is 0. The van der Waals surface area contributed by atoms with E-state index in [2.05, 4.69) is 0 Å². The molecule has 0 bridgehead atoms. The molecule has 0 aromatic heterocycles. The van der Waals surface area contributed by atoms with Gasteiger partial charge in [-0.05, 0) is 12.1 Å². The molecule has 1 aromatic rings. The van der Waals surface area contributed by atoms with Gasteiger partial charge in [0.15, 0.2) is 0 Å². The van der Waals surface area contributed by atoms with Crippen molar-refractivity contribution in [2.45, 2.75) is 6.18 Å². The van der Waals surface area contributed by atoms with Gasteiger partial charge in [-0.15, -0.1) is 0 Å². The van der Waals surface area contributed by atoms with Crippen LogP contribution in [0.4, 0.5) is 18.9 Å². The molecule has 0 saturated heterocycles. The van der Waals surface area contributed by atoms with Crippen molar-refractivity contribution in [1.29, 1.82) is 0 Å². The second kappa shape index (κ2) is 3.77. The van der Waals surface area contributed by atoms with Crippen molar-refractivity contribution >= 4 is 11.7 Å². The SMILES string of the molecule is NNc1c(C(=O)O)cccc1C(F)(F)F. The summed E-state index contributed by atoms with van der Waals surface area (Å²) in [5.41, 5.74) is -0.518. The number of benzene rings is 1. The highest BCUT2D eigenvalue weighted by Crippen LogP contribution is 2.36. The Morgan fingerprint density at radius 2 is 2.00 bits per heavy atom. The van der Waals surface area contributed by atoms with Gasteiger partial charge in [-0.2, -0.15) is 13.2 Å². The quantitative estimate of drug-likeness (QED) is 0.523. The van der Waals surface area contributed by atoms with E-state index in [-0.39, 0.29) is 0 Å². The van der Waals surface area contributed by atoms with E-state index < -0.39 is 29.0 Å². The molecule has 0 aliphatic carbocycles. The number of nitrogen functional groups attached to an aromatic ring is 1. The number of alkyl halides is 3. The number of para-hydroxylation sites is 1. The maximum absolute atomic E-state index is 12.4. The first-order valence-corrected chi connectivity index (χ1v) is 3.78. The highest BCUT2D eigenvalue weighted by atomic mass is 19.4. The molecule has 4 nitrogen and oxygen atoms in total. The van der Waals surface area contributed by atoms with Crippen LogP contribution in [0.15, 0.2) is 18.2 Å². The van der Waals surface area contributed by atoms with Gasteiger partial charge in [0.1, 0.15) is 0 Å². The minimum Gasteiger partial charge on any atom is -0.478 e. The number of carboxylic acids is 1. The van der Waals surface area contributed by atoms with Crippen LogP contribution < -0.4 is 11.3 Å². The minimum absolute atomic E-state index is 0.521. The number of halogens is 3. The van der Waals surface area contributed by atoms with Crippen LogP contribution in [-0.2, 0) is 6.18 Å². The molecular weight excluding hydrogens is 213 g/mol. The van der Waals surface area contributed by atoms with Crippen LogP contribution in [0.5, 0.6) is 0 Å². The van der Waals surface area contributed by atoms with Crippen LogP contribution in [0, 0.1) is 0 Å². The molecule has 0 aliphatic rings. The molecule has 1 aromatic carbocycles. The van der Waals surface area contributed by atoms with Crippen LogP contribution in [0.1, 0.15) is 15.9 Å². The number of aromatic carboxylic acids is 1. The Balaban J connectivity index is 3.42. The molecule has 1 rings (SSSR count). The summed E-state index contributed by atoms with van der Waals surface area (Å²) in [6.45, 7) is 0. The zero-order valence-corrected chi connectivity index (χ0v) is 7.30. The molecule has 0 radical (unpaired) electrons. The number of nitrogens with two attached hydrogens (primary N) is 1. The van der Waals surface area contributed by atoms with E-state index in [4.69, 9.17) is 10.9 Å². The van der Waals surface area contributed by atoms with Crippen molar-refractivity contribution in [3.8, 4) is 0 Å². The molecule has 15 heavy (non-hydrogen) atoms. The molecule has 82 valence electrons. The second-order valence-corrected chi connectivity index (χ2v) is 2.68. The van der Waals surface area contributed by atoms with E-state index in [9.17, 15) is 18.0 Å². The Morgan fingerprint density at radius 1 is 1.40 bits per heavy atom. The van der Waals surface area contributed by atoms with Gasteiger partial charge in [-0.25, -0.2) is 4.79 Å². The van der Waals surface area contributed by atoms with Crippen molar-refractivity contribution in [1.82, 2.24) is 0 Å². The lowest BCUT2D eigenvalue weighted by molar-refractivity contribution is -0.137. The number of hydrogen-bond donors (Lipinski definition) is 3. The van der Waals surface area contributed by atoms with Crippen LogP contribution in [0.2, 0.25) is 0 Å². The number of rotatable bonds is 2. The molecule has 0 spiro atoms. The molecule has 0 heterocycles. The van der Waals surface area contributed by atoms with Crippen LogP contribution in [0.25, 0.3) is 0 Å². The van der Waals surface area contributed by atoms with Gasteiger partial charge in [0, 0.05) is 0 Å². The van der Waals surface area contributed by atoms with Gasteiger partial charge in [-0.3, -0.25) is 5.84 Å². The minimum atomic E-state index is -4.65. The van der Waals surface area contributed by atoms with E-state index in [0.717, 1.165) is 18.2 Å². The van der Waals surface area contributed by atoms with Gasteiger partial charge in [0.25, 0.3) is 0 Å². The molecule has 7 heteroatoms. The highest BCUT2D eigenvalue weighted by molar-refractivity contribution is 5.95. The van der Waals surface area contributed by atoms with Crippen LogP contribution in [0.3, 0.4) is 0 Å². The van der Waals surface area contributed by atoms with E-state index in [1.165, 1.54) is 0 Å². The Hall–Kier alpha value is -1.76. The standard InChI is InChI=1S/C8H7F3N2O2/c9-8(10,11)5-3-1-2-4(7(14)15)6(5)13-12/h1-3,13H,12H2,(H,14,15). The summed E-state index contributed by atoms with van der Waals surface area (Å²) in [7, 11) is 0. The summed E-state index contributed by atoms with van der Waals surface area (Å²) < 4.78 is 37.2. The van der Waals surface area contributed by atoms with Crippen molar-refractivity contribution in [2.24, 2.45) is 5.84 Å². The van der Waals surface area contributed by atoms with Gasteiger partial charge in [0.05, 0.1) is 16.8 Å². The molecule has 0 unspecified atom stereocenters. The molecule has 0 saturated carbocycles. The maximum Gasteiger partial charge on any atom is 0.418 e. The zero-order chi connectivity index (χ0) is 11.6. The molecule has 0 amide bonds. The van der Waals surface area contributed by atoms with E-state index in [1.807, 2.05) is 0 Å².